The first kappa shape index (κ1) is 16.9. The topological polar surface area (TPSA) is 79.0 Å². The van der Waals surface area contributed by atoms with Gasteiger partial charge in [-0.05, 0) is 30.9 Å². The molecule has 1 aliphatic heterocycles. The molecule has 4 rings (SSSR count). The Balaban J connectivity index is 1.71. The van der Waals surface area contributed by atoms with Gasteiger partial charge in [-0.3, -0.25) is 14.6 Å². The minimum Gasteiger partial charge on any atom is -0.339 e. The lowest BCUT2D eigenvalue weighted by molar-refractivity contribution is 0.0691. The number of aromatic amines is 1. The number of pyridine rings is 1. The molecule has 0 spiro atoms. The molecular weight excluding hydrogens is 348 g/mol. The second-order valence-electron chi connectivity index (χ2n) is 6.60. The number of nitrogens with zero attached hydrogens (tertiary/aromatic N) is 3. The fourth-order valence-electron chi connectivity index (χ4n) is 3.42. The molecular formula is C19H20N4O2S. The molecule has 0 saturated carbocycles. The quantitative estimate of drug-likeness (QED) is 0.769. The van der Waals surface area contributed by atoms with Crippen molar-refractivity contribution in [2.45, 2.75) is 26.2 Å². The third kappa shape index (κ3) is 3.03. The number of thiophene rings is 1. The molecule has 1 saturated heterocycles. The van der Waals surface area contributed by atoms with E-state index < -0.39 is 0 Å². The maximum atomic E-state index is 13.0. The first-order valence-electron chi connectivity index (χ1n) is 8.89. The Labute approximate surface area is 154 Å². The monoisotopic (exact) mass is 368 g/mol. The molecule has 0 aromatic carbocycles. The number of hydrogen-bond donors (Lipinski definition) is 1. The highest BCUT2D eigenvalue weighted by Crippen LogP contribution is 2.27. The van der Waals surface area contributed by atoms with Gasteiger partial charge in [0, 0.05) is 24.7 Å². The molecule has 134 valence electrons. The standard InChI is InChI=1S/C19H20N4O2S/c1-2-12-6-9-23(10-7-12)19(25)13-11-26-16-15(13)21-17(22-18(16)24)14-5-3-4-8-20-14/h3-5,8,11-12H,2,6-7,9-10H2,1H3,(H,21,22,24). The normalized spacial score (nSPS) is 15.5. The Morgan fingerprint density at radius 3 is 2.85 bits per heavy atom. The van der Waals surface area contributed by atoms with Crippen LogP contribution in [0.4, 0.5) is 0 Å². The van der Waals surface area contributed by atoms with Gasteiger partial charge >= 0.3 is 0 Å². The SMILES string of the molecule is CCC1CCN(C(=O)c2csc3c(=O)[nH]c(-c4ccccn4)nc23)CC1. The van der Waals surface area contributed by atoms with E-state index in [4.69, 9.17) is 0 Å². The van der Waals surface area contributed by atoms with Crippen LogP contribution in [0.2, 0.25) is 0 Å². The lowest BCUT2D eigenvalue weighted by Gasteiger charge is -2.31. The van der Waals surface area contributed by atoms with E-state index >= 15 is 0 Å². The van der Waals surface area contributed by atoms with Gasteiger partial charge in [-0.2, -0.15) is 0 Å². The van der Waals surface area contributed by atoms with Gasteiger partial charge in [0.1, 0.15) is 15.9 Å². The largest absolute Gasteiger partial charge is 0.339 e. The Kier molecular flexibility index (Phi) is 4.55. The molecule has 0 aliphatic carbocycles. The van der Waals surface area contributed by atoms with Crippen LogP contribution in [0.5, 0.6) is 0 Å². The summed E-state index contributed by atoms with van der Waals surface area (Å²) < 4.78 is 0.483. The van der Waals surface area contributed by atoms with Crippen molar-refractivity contribution in [2.75, 3.05) is 13.1 Å². The summed E-state index contributed by atoms with van der Waals surface area (Å²) in [6.07, 6.45) is 4.89. The van der Waals surface area contributed by atoms with Crippen LogP contribution in [0.3, 0.4) is 0 Å². The molecule has 6 nitrogen and oxygen atoms in total. The van der Waals surface area contributed by atoms with Gasteiger partial charge in [0.05, 0.1) is 5.56 Å². The van der Waals surface area contributed by atoms with Crippen molar-refractivity contribution in [3.05, 3.63) is 45.7 Å². The Bertz CT molecular complexity index is 988. The van der Waals surface area contributed by atoms with E-state index in [0.717, 1.165) is 32.4 Å². The van der Waals surface area contributed by atoms with E-state index in [9.17, 15) is 9.59 Å². The predicted octanol–water partition coefficient (Wildman–Crippen LogP) is 3.31. The molecule has 7 heteroatoms. The van der Waals surface area contributed by atoms with Crippen LogP contribution >= 0.6 is 11.3 Å². The Hall–Kier alpha value is -2.54. The van der Waals surface area contributed by atoms with Crippen LogP contribution in [-0.2, 0) is 0 Å². The predicted molar refractivity (Wildman–Crippen MR) is 102 cm³/mol. The minimum atomic E-state index is -0.232. The fraction of sp³-hybridized carbons (Fsp3) is 0.368. The van der Waals surface area contributed by atoms with Gasteiger partial charge in [-0.25, -0.2) is 4.98 Å². The van der Waals surface area contributed by atoms with Gasteiger partial charge in [0.15, 0.2) is 5.82 Å². The van der Waals surface area contributed by atoms with E-state index in [1.165, 1.54) is 11.3 Å². The van der Waals surface area contributed by atoms with Crippen LogP contribution in [0.25, 0.3) is 21.7 Å². The lowest BCUT2D eigenvalue weighted by Crippen LogP contribution is -2.38. The number of carbonyl (C=O) groups excluding carboxylic acids is 1. The molecule has 1 fully saturated rings. The summed E-state index contributed by atoms with van der Waals surface area (Å²) in [5.74, 6) is 1.06. The molecule has 3 aromatic rings. The summed E-state index contributed by atoms with van der Waals surface area (Å²) in [6, 6.07) is 5.43. The summed E-state index contributed by atoms with van der Waals surface area (Å²) >= 11 is 1.27. The molecule has 26 heavy (non-hydrogen) atoms. The zero-order valence-corrected chi connectivity index (χ0v) is 15.4. The third-order valence-electron chi connectivity index (χ3n) is 5.04. The number of nitrogens with one attached hydrogen (secondary N) is 1. The maximum absolute atomic E-state index is 13.0. The fourth-order valence-corrected chi connectivity index (χ4v) is 4.29. The number of hydrogen-bond acceptors (Lipinski definition) is 5. The average molecular weight is 368 g/mol. The van der Waals surface area contributed by atoms with E-state index in [0.29, 0.717) is 33.2 Å². The second kappa shape index (κ2) is 6.99. The molecule has 0 atom stereocenters. The highest BCUT2D eigenvalue weighted by Gasteiger charge is 2.26. The smallest absolute Gasteiger partial charge is 0.269 e. The number of aromatic nitrogens is 3. The van der Waals surface area contributed by atoms with Gasteiger partial charge < -0.3 is 9.88 Å². The summed E-state index contributed by atoms with van der Waals surface area (Å²) in [5.41, 5.74) is 1.34. The summed E-state index contributed by atoms with van der Waals surface area (Å²) in [6.45, 7) is 3.74. The second-order valence-corrected chi connectivity index (χ2v) is 7.48. The van der Waals surface area contributed by atoms with Crippen molar-refractivity contribution in [2.24, 2.45) is 5.92 Å². The molecule has 0 unspecified atom stereocenters. The molecule has 0 bridgehead atoms. The first-order chi connectivity index (χ1) is 12.7. The van der Waals surface area contributed by atoms with Gasteiger partial charge in [-0.1, -0.05) is 19.4 Å². The first-order valence-corrected chi connectivity index (χ1v) is 9.77. The lowest BCUT2D eigenvalue weighted by atomic mass is 9.94. The zero-order valence-electron chi connectivity index (χ0n) is 14.6. The van der Waals surface area contributed by atoms with Gasteiger partial charge in [-0.15, -0.1) is 11.3 Å². The highest BCUT2D eigenvalue weighted by atomic mass is 32.1. The average Bonchev–Trinajstić information content (AvgIpc) is 3.13. The van der Waals surface area contributed by atoms with Crippen molar-refractivity contribution in [3.8, 4) is 11.5 Å². The number of carbonyl (C=O) groups is 1. The van der Waals surface area contributed by atoms with Crippen LogP contribution in [0.1, 0.15) is 36.5 Å². The zero-order chi connectivity index (χ0) is 18.1. The van der Waals surface area contributed by atoms with Crippen LogP contribution in [0.15, 0.2) is 34.6 Å². The number of piperidine rings is 1. The molecule has 0 radical (unpaired) electrons. The highest BCUT2D eigenvalue weighted by molar-refractivity contribution is 7.17. The molecule has 4 heterocycles. The number of H-pyrrole nitrogens is 1. The van der Waals surface area contributed by atoms with Crippen molar-refractivity contribution < 1.29 is 4.79 Å². The number of likely N-dealkylation sites (tertiary alicyclic amines) is 1. The van der Waals surface area contributed by atoms with Gasteiger partial charge in [0.25, 0.3) is 11.5 Å². The minimum absolute atomic E-state index is 0.0316. The number of amides is 1. The van der Waals surface area contributed by atoms with E-state index in [1.54, 1.807) is 23.7 Å². The summed E-state index contributed by atoms with van der Waals surface area (Å²) in [4.78, 5) is 38.9. The van der Waals surface area contributed by atoms with Crippen molar-refractivity contribution >= 4 is 27.5 Å². The number of rotatable bonds is 3. The molecule has 1 aliphatic rings. The Morgan fingerprint density at radius 2 is 2.15 bits per heavy atom. The number of fused-ring (bicyclic) bond motifs is 1. The Morgan fingerprint density at radius 1 is 1.35 bits per heavy atom. The summed E-state index contributed by atoms with van der Waals surface area (Å²) in [5, 5.41) is 1.75. The maximum Gasteiger partial charge on any atom is 0.269 e. The van der Waals surface area contributed by atoms with E-state index in [-0.39, 0.29) is 11.5 Å². The van der Waals surface area contributed by atoms with E-state index in [2.05, 4.69) is 21.9 Å². The van der Waals surface area contributed by atoms with Crippen LogP contribution in [-0.4, -0.2) is 38.8 Å². The van der Waals surface area contributed by atoms with Crippen molar-refractivity contribution in [3.63, 3.8) is 0 Å². The van der Waals surface area contributed by atoms with Crippen molar-refractivity contribution in [1.29, 1.82) is 0 Å². The van der Waals surface area contributed by atoms with Crippen LogP contribution < -0.4 is 5.56 Å². The summed E-state index contributed by atoms with van der Waals surface area (Å²) in [7, 11) is 0. The molecule has 1 N–H and O–H groups in total. The molecule has 3 aromatic heterocycles. The third-order valence-corrected chi connectivity index (χ3v) is 6.01. The van der Waals surface area contributed by atoms with Crippen molar-refractivity contribution in [1.82, 2.24) is 19.9 Å². The van der Waals surface area contributed by atoms with Gasteiger partial charge in [0.2, 0.25) is 0 Å². The van der Waals surface area contributed by atoms with Crippen LogP contribution in [0, 0.1) is 5.92 Å². The molecule has 1 amide bonds. The van der Waals surface area contributed by atoms with E-state index in [1.807, 2.05) is 11.0 Å².